The van der Waals surface area contributed by atoms with Crippen molar-refractivity contribution in [1.29, 1.82) is 0 Å². The van der Waals surface area contributed by atoms with Crippen molar-refractivity contribution in [2.75, 3.05) is 65.8 Å². The molecular formula is C15H29N3O4S. The zero-order chi connectivity index (χ0) is 16.9. The van der Waals surface area contributed by atoms with Gasteiger partial charge in [-0.3, -0.25) is 9.69 Å². The molecule has 2 fully saturated rings. The van der Waals surface area contributed by atoms with E-state index in [0.29, 0.717) is 19.7 Å². The monoisotopic (exact) mass is 347 g/mol. The molecule has 0 N–H and O–H groups in total. The molecule has 134 valence electrons. The first kappa shape index (κ1) is 18.6. The van der Waals surface area contributed by atoms with Gasteiger partial charge in [-0.1, -0.05) is 0 Å². The number of methoxy groups -OCH3 is 1. The molecular weight excluding hydrogens is 318 g/mol. The van der Waals surface area contributed by atoms with E-state index in [2.05, 4.69) is 4.90 Å². The van der Waals surface area contributed by atoms with Gasteiger partial charge in [0.15, 0.2) is 0 Å². The summed E-state index contributed by atoms with van der Waals surface area (Å²) in [7, 11) is -1.51. The fourth-order valence-corrected chi connectivity index (χ4v) is 4.25. The van der Waals surface area contributed by atoms with Gasteiger partial charge in [0.25, 0.3) is 0 Å². The number of carbonyl (C=O) groups excluding carboxylic acids is 1. The highest BCUT2D eigenvalue weighted by atomic mass is 32.2. The lowest BCUT2D eigenvalue weighted by Crippen LogP contribution is -2.47. The number of piperidine rings is 1. The van der Waals surface area contributed by atoms with E-state index in [0.717, 1.165) is 52.0 Å². The highest BCUT2D eigenvalue weighted by Crippen LogP contribution is 2.21. The van der Waals surface area contributed by atoms with Gasteiger partial charge in [0.1, 0.15) is 0 Å². The van der Waals surface area contributed by atoms with Crippen molar-refractivity contribution in [2.24, 2.45) is 5.92 Å². The van der Waals surface area contributed by atoms with E-state index < -0.39 is 10.0 Å². The van der Waals surface area contributed by atoms with Crippen molar-refractivity contribution in [2.45, 2.75) is 19.3 Å². The maximum absolute atomic E-state index is 12.8. The predicted octanol–water partition coefficient (Wildman–Crippen LogP) is -0.161. The van der Waals surface area contributed by atoms with Crippen LogP contribution in [0.4, 0.5) is 0 Å². The molecule has 7 nitrogen and oxygen atoms in total. The van der Waals surface area contributed by atoms with E-state index in [4.69, 9.17) is 4.74 Å². The van der Waals surface area contributed by atoms with Gasteiger partial charge in [0.2, 0.25) is 15.9 Å². The van der Waals surface area contributed by atoms with E-state index in [-0.39, 0.29) is 11.8 Å². The van der Waals surface area contributed by atoms with Crippen molar-refractivity contribution >= 4 is 15.9 Å². The van der Waals surface area contributed by atoms with E-state index in [1.54, 1.807) is 7.11 Å². The van der Waals surface area contributed by atoms with Crippen LogP contribution in [0, 0.1) is 5.92 Å². The molecule has 0 aromatic rings. The molecule has 0 saturated carbocycles. The van der Waals surface area contributed by atoms with Crippen LogP contribution in [0.5, 0.6) is 0 Å². The van der Waals surface area contributed by atoms with E-state index in [1.165, 1.54) is 10.6 Å². The SMILES string of the molecule is COCCN1CCCN(C(=O)[C@@H]2CCCN(S(C)(=O)=O)C2)CC1. The van der Waals surface area contributed by atoms with Gasteiger partial charge in [0.05, 0.1) is 18.8 Å². The summed E-state index contributed by atoms with van der Waals surface area (Å²) in [5.41, 5.74) is 0. The predicted molar refractivity (Wildman–Crippen MR) is 88.7 cm³/mol. The van der Waals surface area contributed by atoms with E-state index >= 15 is 0 Å². The van der Waals surface area contributed by atoms with Gasteiger partial charge < -0.3 is 9.64 Å². The fourth-order valence-electron chi connectivity index (χ4n) is 3.34. The Hall–Kier alpha value is -0.700. The summed E-state index contributed by atoms with van der Waals surface area (Å²) in [4.78, 5) is 17.0. The summed E-state index contributed by atoms with van der Waals surface area (Å²) in [5.74, 6) is -0.0732. The van der Waals surface area contributed by atoms with Crippen LogP contribution < -0.4 is 0 Å². The molecule has 0 bridgehead atoms. The second kappa shape index (κ2) is 8.41. The Bertz CT molecular complexity index is 497. The zero-order valence-electron chi connectivity index (χ0n) is 14.2. The van der Waals surface area contributed by atoms with Crippen LogP contribution in [-0.4, -0.2) is 94.2 Å². The highest BCUT2D eigenvalue weighted by molar-refractivity contribution is 7.88. The Labute approximate surface area is 139 Å². The maximum atomic E-state index is 12.8. The number of hydrogen-bond donors (Lipinski definition) is 0. The summed E-state index contributed by atoms with van der Waals surface area (Å²) >= 11 is 0. The molecule has 2 aliphatic rings. The quantitative estimate of drug-likeness (QED) is 0.691. The van der Waals surface area contributed by atoms with Crippen LogP contribution in [-0.2, 0) is 19.6 Å². The van der Waals surface area contributed by atoms with Crippen LogP contribution in [0.15, 0.2) is 0 Å². The minimum atomic E-state index is -3.21. The third kappa shape index (κ3) is 5.41. The normalized spacial score (nSPS) is 25.3. The Morgan fingerprint density at radius 2 is 1.91 bits per heavy atom. The third-order valence-corrected chi connectivity index (χ3v) is 5.98. The van der Waals surface area contributed by atoms with E-state index in [9.17, 15) is 13.2 Å². The lowest BCUT2D eigenvalue weighted by atomic mass is 9.98. The van der Waals surface area contributed by atoms with Crippen molar-refractivity contribution in [1.82, 2.24) is 14.1 Å². The average Bonchev–Trinajstić information content (AvgIpc) is 2.77. The molecule has 1 amide bonds. The molecule has 0 unspecified atom stereocenters. The molecule has 23 heavy (non-hydrogen) atoms. The minimum Gasteiger partial charge on any atom is -0.383 e. The molecule has 0 spiro atoms. The summed E-state index contributed by atoms with van der Waals surface area (Å²) in [6, 6.07) is 0. The second-order valence-corrected chi connectivity index (χ2v) is 8.46. The topological polar surface area (TPSA) is 70.2 Å². The van der Waals surface area contributed by atoms with Gasteiger partial charge in [-0.05, 0) is 25.8 Å². The summed E-state index contributed by atoms with van der Waals surface area (Å²) in [6.07, 6.45) is 3.73. The van der Waals surface area contributed by atoms with Crippen molar-refractivity contribution in [3.8, 4) is 0 Å². The molecule has 0 aromatic heterocycles. The Kier molecular flexibility index (Phi) is 6.82. The van der Waals surface area contributed by atoms with Crippen LogP contribution in [0.25, 0.3) is 0 Å². The lowest BCUT2D eigenvalue weighted by molar-refractivity contribution is -0.136. The Morgan fingerprint density at radius 3 is 2.61 bits per heavy atom. The molecule has 1 atom stereocenters. The molecule has 0 aromatic carbocycles. The van der Waals surface area contributed by atoms with Gasteiger partial charge in [0, 0.05) is 46.4 Å². The van der Waals surface area contributed by atoms with E-state index in [1.807, 2.05) is 4.90 Å². The van der Waals surface area contributed by atoms with Gasteiger partial charge in [-0.2, -0.15) is 0 Å². The first-order chi connectivity index (χ1) is 10.9. The van der Waals surface area contributed by atoms with Gasteiger partial charge in [-0.25, -0.2) is 12.7 Å². The van der Waals surface area contributed by atoms with Crippen LogP contribution in [0.3, 0.4) is 0 Å². The maximum Gasteiger partial charge on any atom is 0.227 e. The number of rotatable bonds is 5. The smallest absolute Gasteiger partial charge is 0.227 e. The summed E-state index contributed by atoms with van der Waals surface area (Å²) in [6.45, 7) is 5.79. The fraction of sp³-hybridized carbons (Fsp3) is 0.933. The number of nitrogens with zero attached hydrogens (tertiary/aromatic N) is 3. The van der Waals surface area contributed by atoms with Crippen LogP contribution in [0.2, 0.25) is 0 Å². The summed E-state index contributed by atoms with van der Waals surface area (Å²) < 4.78 is 30.0. The molecule has 2 aliphatic heterocycles. The number of sulfonamides is 1. The number of ether oxygens (including phenoxy) is 1. The zero-order valence-corrected chi connectivity index (χ0v) is 15.1. The molecule has 0 aliphatic carbocycles. The lowest BCUT2D eigenvalue weighted by Gasteiger charge is -2.33. The molecule has 2 saturated heterocycles. The average molecular weight is 347 g/mol. The number of amides is 1. The Morgan fingerprint density at radius 1 is 1.13 bits per heavy atom. The minimum absolute atomic E-state index is 0.118. The first-order valence-corrected chi connectivity index (χ1v) is 10.2. The largest absolute Gasteiger partial charge is 0.383 e. The molecule has 2 heterocycles. The van der Waals surface area contributed by atoms with Crippen LogP contribution in [0.1, 0.15) is 19.3 Å². The first-order valence-electron chi connectivity index (χ1n) is 8.37. The van der Waals surface area contributed by atoms with Crippen molar-refractivity contribution < 1.29 is 17.9 Å². The van der Waals surface area contributed by atoms with Crippen molar-refractivity contribution in [3.63, 3.8) is 0 Å². The second-order valence-electron chi connectivity index (χ2n) is 6.47. The molecule has 2 rings (SSSR count). The summed E-state index contributed by atoms with van der Waals surface area (Å²) in [5, 5.41) is 0. The standard InChI is InChI=1S/C15H29N3O4S/c1-22-12-11-16-6-4-7-17(10-9-16)15(19)14-5-3-8-18(13-14)23(2,20)21/h14H,3-13H2,1-2H3/t14-/m1/s1. The molecule has 8 heteroatoms. The number of hydrogen-bond acceptors (Lipinski definition) is 5. The highest BCUT2D eigenvalue weighted by Gasteiger charge is 2.33. The number of carbonyl (C=O) groups is 1. The Balaban J connectivity index is 1.89. The molecule has 0 radical (unpaired) electrons. The van der Waals surface area contributed by atoms with Gasteiger partial charge in [-0.15, -0.1) is 0 Å². The van der Waals surface area contributed by atoms with Gasteiger partial charge >= 0.3 is 0 Å². The van der Waals surface area contributed by atoms with Crippen molar-refractivity contribution in [3.05, 3.63) is 0 Å². The van der Waals surface area contributed by atoms with Crippen LogP contribution >= 0.6 is 0 Å². The third-order valence-electron chi connectivity index (χ3n) is 4.71.